The Balaban J connectivity index is 1.69. The van der Waals surface area contributed by atoms with Gasteiger partial charge in [-0.2, -0.15) is 13.2 Å². The molecule has 2 aromatic rings. The van der Waals surface area contributed by atoms with Crippen LogP contribution in [0.2, 0.25) is 0 Å². The van der Waals surface area contributed by atoms with Crippen molar-refractivity contribution in [2.24, 2.45) is 0 Å². The molecular weight excluding hydrogens is 383 g/mol. The molecule has 0 spiro atoms. The van der Waals surface area contributed by atoms with Gasteiger partial charge in [0.2, 0.25) is 0 Å². The van der Waals surface area contributed by atoms with E-state index in [1.807, 2.05) is 0 Å². The zero-order valence-electron chi connectivity index (χ0n) is 16.4. The van der Waals surface area contributed by atoms with Gasteiger partial charge in [0.1, 0.15) is 18.0 Å². The summed E-state index contributed by atoms with van der Waals surface area (Å²) >= 11 is 0. The average Bonchev–Trinajstić information content (AvgIpc) is 2.74. The van der Waals surface area contributed by atoms with E-state index < -0.39 is 17.3 Å². The standard InChI is InChI=1S/C22H26F3NO3/c1-2-21(27,18-4-3-5-19(16-18)22(23,24)25)17-6-8-20(9-7-17)29-15-12-26-10-13-28-14-11-26/h3-9,16,27H,2,10-15H2,1H3. The molecule has 1 unspecified atom stereocenters. The summed E-state index contributed by atoms with van der Waals surface area (Å²) in [6.07, 6.45) is -4.21. The summed E-state index contributed by atoms with van der Waals surface area (Å²) in [6, 6.07) is 11.7. The Morgan fingerprint density at radius 3 is 2.28 bits per heavy atom. The Labute approximate surface area is 168 Å². The Bertz CT molecular complexity index is 789. The second-order valence-electron chi connectivity index (χ2n) is 7.12. The van der Waals surface area contributed by atoms with Crippen molar-refractivity contribution in [1.82, 2.24) is 4.90 Å². The molecule has 0 radical (unpaired) electrons. The van der Waals surface area contributed by atoms with Gasteiger partial charge >= 0.3 is 6.18 Å². The van der Waals surface area contributed by atoms with Crippen LogP contribution < -0.4 is 4.74 Å². The van der Waals surface area contributed by atoms with Crippen LogP contribution in [0.3, 0.4) is 0 Å². The van der Waals surface area contributed by atoms with Crippen molar-refractivity contribution in [1.29, 1.82) is 0 Å². The molecule has 0 amide bonds. The quantitative estimate of drug-likeness (QED) is 0.749. The maximum atomic E-state index is 13.1. The fraction of sp³-hybridized carbons (Fsp3) is 0.455. The highest BCUT2D eigenvalue weighted by atomic mass is 19.4. The van der Waals surface area contributed by atoms with E-state index in [1.54, 1.807) is 31.2 Å². The second kappa shape index (κ2) is 9.15. The van der Waals surface area contributed by atoms with Gasteiger partial charge in [0, 0.05) is 19.6 Å². The Morgan fingerprint density at radius 2 is 1.66 bits per heavy atom. The lowest BCUT2D eigenvalue weighted by Crippen LogP contribution is -2.38. The second-order valence-corrected chi connectivity index (χ2v) is 7.12. The van der Waals surface area contributed by atoms with Gasteiger partial charge in [-0.15, -0.1) is 0 Å². The van der Waals surface area contributed by atoms with Crippen LogP contribution in [-0.2, 0) is 16.5 Å². The molecule has 1 fully saturated rings. The van der Waals surface area contributed by atoms with Crippen molar-refractivity contribution in [3.05, 3.63) is 65.2 Å². The van der Waals surface area contributed by atoms with Crippen LogP contribution in [0.5, 0.6) is 5.75 Å². The fourth-order valence-corrected chi connectivity index (χ4v) is 3.47. The summed E-state index contributed by atoms with van der Waals surface area (Å²) in [7, 11) is 0. The van der Waals surface area contributed by atoms with Crippen molar-refractivity contribution in [3.8, 4) is 5.75 Å². The van der Waals surface area contributed by atoms with Gasteiger partial charge < -0.3 is 14.6 Å². The van der Waals surface area contributed by atoms with Crippen molar-refractivity contribution in [2.45, 2.75) is 25.1 Å². The number of rotatable bonds is 7. The van der Waals surface area contributed by atoms with E-state index in [4.69, 9.17) is 9.47 Å². The number of morpholine rings is 1. The molecule has 4 nitrogen and oxygen atoms in total. The summed E-state index contributed by atoms with van der Waals surface area (Å²) in [5, 5.41) is 11.2. The summed E-state index contributed by atoms with van der Waals surface area (Å²) < 4.78 is 50.3. The molecule has 1 N–H and O–H groups in total. The first-order valence-electron chi connectivity index (χ1n) is 9.76. The predicted molar refractivity (Wildman–Crippen MR) is 104 cm³/mol. The normalized spacial score (nSPS) is 17.7. The van der Waals surface area contributed by atoms with Crippen LogP contribution in [0.15, 0.2) is 48.5 Å². The SMILES string of the molecule is CCC(O)(c1ccc(OCCN2CCOCC2)cc1)c1cccc(C(F)(F)F)c1. The fourth-order valence-electron chi connectivity index (χ4n) is 3.47. The topological polar surface area (TPSA) is 41.9 Å². The summed E-state index contributed by atoms with van der Waals surface area (Å²) in [4.78, 5) is 2.27. The van der Waals surface area contributed by atoms with E-state index in [-0.39, 0.29) is 12.0 Å². The monoisotopic (exact) mass is 409 g/mol. The summed E-state index contributed by atoms with van der Waals surface area (Å²) in [6.45, 7) is 6.33. The lowest BCUT2D eigenvalue weighted by atomic mass is 9.83. The van der Waals surface area contributed by atoms with Gasteiger partial charge in [0.15, 0.2) is 0 Å². The van der Waals surface area contributed by atoms with Gasteiger partial charge in [0.05, 0.1) is 18.8 Å². The predicted octanol–water partition coefficient (Wildman–Crippen LogP) is 4.06. The van der Waals surface area contributed by atoms with E-state index in [1.165, 1.54) is 12.1 Å². The minimum Gasteiger partial charge on any atom is -0.492 e. The number of benzene rings is 2. The maximum Gasteiger partial charge on any atom is 0.416 e. The third-order valence-corrected chi connectivity index (χ3v) is 5.29. The van der Waals surface area contributed by atoms with Crippen LogP contribution >= 0.6 is 0 Å². The highest BCUT2D eigenvalue weighted by Gasteiger charge is 2.34. The molecule has 0 bridgehead atoms. The highest BCUT2D eigenvalue weighted by molar-refractivity contribution is 5.40. The van der Waals surface area contributed by atoms with Crippen molar-refractivity contribution >= 4 is 0 Å². The molecule has 1 aliphatic heterocycles. The number of nitrogens with zero attached hydrogens (tertiary/aromatic N) is 1. The highest BCUT2D eigenvalue weighted by Crippen LogP contribution is 2.37. The van der Waals surface area contributed by atoms with E-state index in [2.05, 4.69) is 4.90 Å². The maximum absolute atomic E-state index is 13.1. The first-order valence-corrected chi connectivity index (χ1v) is 9.76. The zero-order chi connectivity index (χ0) is 20.9. The molecule has 29 heavy (non-hydrogen) atoms. The van der Waals surface area contributed by atoms with Crippen molar-refractivity contribution in [2.75, 3.05) is 39.5 Å². The van der Waals surface area contributed by atoms with Gasteiger partial charge in [-0.05, 0) is 41.8 Å². The van der Waals surface area contributed by atoms with Gasteiger partial charge in [0.25, 0.3) is 0 Å². The summed E-state index contributed by atoms with van der Waals surface area (Å²) in [5.74, 6) is 0.657. The molecule has 7 heteroatoms. The van der Waals surface area contributed by atoms with Gasteiger partial charge in [-0.25, -0.2) is 0 Å². The molecule has 1 aliphatic rings. The van der Waals surface area contributed by atoms with Crippen molar-refractivity contribution < 1.29 is 27.8 Å². The molecular formula is C22H26F3NO3. The number of ether oxygens (including phenoxy) is 2. The molecule has 1 atom stereocenters. The molecule has 1 heterocycles. The van der Waals surface area contributed by atoms with E-state index in [9.17, 15) is 18.3 Å². The largest absolute Gasteiger partial charge is 0.492 e. The molecule has 1 saturated heterocycles. The average molecular weight is 409 g/mol. The van der Waals surface area contributed by atoms with Crippen LogP contribution in [0.1, 0.15) is 30.0 Å². The first kappa shape index (κ1) is 21.6. The first-order chi connectivity index (χ1) is 13.8. The third kappa shape index (κ3) is 5.29. The molecule has 2 aromatic carbocycles. The Kier molecular flexibility index (Phi) is 6.82. The number of aliphatic hydroxyl groups is 1. The minimum atomic E-state index is -4.46. The third-order valence-electron chi connectivity index (χ3n) is 5.29. The van der Waals surface area contributed by atoms with Crippen LogP contribution in [0, 0.1) is 0 Å². The van der Waals surface area contributed by atoms with Crippen LogP contribution in [-0.4, -0.2) is 49.5 Å². The number of hydrogen-bond acceptors (Lipinski definition) is 4. The lowest BCUT2D eigenvalue weighted by molar-refractivity contribution is -0.137. The van der Waals surface area contributed by atoms with Crippen LogP contribution in [0.4, 0.5) is 13.2 Å². The van der Waals surface area contributed by atoms with Crippen LogP contribution in [0.25, 0.3) is 0 Å². The smallest absolute Gasteiger partial charge is 0.416 e. The zero-order valence-corrected chi connectivity index (χ0v) is 16.4. The molecule has 0 aromatic heterocycles. The number of halogens is 3. The molecule has 3 rings (SSSR count). The molecule has 0 aliphatic carbocycles. The Hall–Kier alpha value is -2.09. The number of alkyl halides is 3. The van der Waals surface area contributed by atoms with E-state index in [0.29, 0.717) is 17.9 Å². The molecule has 158 valence electrons. The van der Waals surface area contributed by atoms with E-state index >= 15 is 0 Å². The van der Waals surface area contributed by atoms with Gasteiger partial charge in [-0.1, -0.05) is 31.2 Å². The molecule has 0 saturated carbocycles. The number of hydrogen-bond donors (Lipinski definition) is 1. The summed E-state index contributed by atoms with van der Waals surface area (Å²) in [5.41, 5.74) is -1.53. The lowest BCUT2D eigenvalue weighted by Gasteiger charge is -2.29. The van der Waals surface area contributed by atoms with E-state index in [0.717, 1.165) is 45.0 Å². The van der Waals surface area contributed by atoms with Crippen molar-refractivity contribution in [3.63, 3.8) is 0 Å². The minimum absolute atomic E-state index is 0.218. The Morgan fingerprint density at radius 1 is 1.00 bits per heavy atom. The van der Waals surface area contributed by atoms with Gasteiger partial charge in [-0.3, -0.25) is 4.90 Å².